The van der Waals surface area contributed by atoms with Gasteiger partial charge in [0.15, 0.2) is 0 Å². The number of H-pyrrole nitrogens is 2. The molecule has 24 nitrogen and oxygen atoms in total. The van der Waals surface area contributed by atoms with Gasteiger partial charge in [0, 0.05) is 66.6 Å². The molecule has 14 N–H and O–H groups in total. The van der Waals surface area contributed by atoms with Crippen molar-refractivity contribution in [2.45, 2.75) is 168 Å². The fraction of sp³-hybridized carbons (Fsp3) is 0.534. The van der Waals surface area contributed by atoms with Gasteiger partial charge in [-0.1, -0.05) is 90.1 Å². The van der Waals surface area contributed by atoms with Crippen LogP contribution in [0.1, 0.15) is 118 Å². The summed E-state index contributed by atoms with van der Waals surface area (Å²) in [7, 11) is 0. The lowest BCUT2D eigenvalue weighted by molar-refractivity contribution is -0.135. The lowest BCUT2D eigenvalue weighted by Gasteiger charge is -2.28. The molecule has 448 valence electrons. The van der Waals surface area contributed by atoms with E-state index in [1.165, 1.54) is 19.4 Å². The first kappa shape index (κ1) is 66.2. The summed E-state index contributed by atoms with van der Waals surface area (Å²) in [6, 6.07) is 7.78. The fourth-order valence-corrected chi connectivity index (χ4v) is 9.21. The predicted octanol–water partition coefficient (Wildman–Crippen LogP) is 2.36. The van der Waals surface area contributed by atoms with Crippen LogP contribution in [0.2, 0.25) is 0 Å². The molecule has 2 aromatic carbocycles. The summed E-state index contributed by atoms with van der Waals surface area (Å²) in [5.41, 5.74) is 12.9. The highest BCUT2D eigenvalue weighted by Gasteiger charge is 2.35. The van der Waals surface area contributed by atoms with Gasteiger partial charge in [-0.25, -0.2) is 9.78 Å². The number of primary amides is 2. The van der Waals surface area contributed by atoms with Crippen LogP contribution in [0.5, 0.6) is 0 Å². The normalized spacial score (nSPS) is 14.5. The van der Waals surface area contributed by atoms with Crippen molar-refractivity contribution in [3.8, 4) is 0 Å². The molecule has 24 heteroatoms. The van der Waals surface area contributed by atoms with Crippen LogP contribution >= 0.6 is 0 Å². The molecule has 0 aliphatic rings. The SMILES string of the molecule is CC(C)CC(C[C@H](CC(C)C)NC(=O)[C@H](Cc1cnc[nH]1)NC(=O)CNC(=O)[C@@H](NC(=O)[C@H](C)NC(=O)[C@H](Cc1c[nH]c2ccccc12)NC(=O)[C@H](CCC(N)=O)NC(=O)[C@@H](Cc1ccccc1)NC(=O)OC(C)(C)C)C(C)C)C(N)=O. The summed E-state index contributed by atoms with van der Waals surface area (Å²) in [6.45, 7) is 17.0. The number of ether oxygens (including phenoxy) is 1. The highest BCUT2D eigenvalue weighted by Crippen LogP contribution is 2.22. The zero-order chi connectivity index (χ0) is 60.8. The number of nitrogens with two attached hydrogens (primary N) is 2. The van der Waals surface area contributed by atoms with E-state index in [2.05, 4.69) is 57.5 Å². The quantitative estimate of drug-likeness (QED) is 0.0335. The topological polar surface area (TPSA) is 373 Å². The van der Waals surface area contributed by atoms with Gasteiger partial charge >= 0.3 is 6.09 Å². The van der Waals surface area contributed by atoms with Crippen LogP contribution < -0.4 is 54.0 Å². The summed E-state index contributed by atoms with van der Waals surface area (Å²) in [6.07, 6.45) is 4.33. The Morgan fingerprint density at radius 3 is 1.82 bits per heavy atom. The number of alkyl carbamates (subject to hydrolysis) is 1. The average Bonchev–Trinajstić information content (AvgIpc) is 4.20. The van der Waals surface area contributed by atoms with Crippen molar-refractivity contribution in [2.24, 2.45) is 35.1 Å². The first-order valence-electron chi connectivity index (χ1n) is 27.8. The smallest absolute Gasteiger partial charge is 0.408 e. The number of carbonyl (C=O) groups excluding carboxylic acids is 10. The molecule has 82 heavy (non-hydrogen) atoms. The maximum absolute atomic E-state index is 14.4. The van der Waals surface area contributed by atoms with E-state index in [-0.39, 0.29) is 43.9 Å². The largest absolute Gasteiger partial charge is 0.444 e. The first-order chi connectivity index (χ1) is 38.6. The highest BCUT2D eigenvalue weighted by molar-refractivity contribution is 5.98. The average molecular weight is 1140 g/mol. The molecular formula is C58H85N13O11. The minimum Gasteiger partial charge on any atom is -0.444 e. The number of benzene rings is 2. The number of amides is 10. The molecule has 10 amide bonds. The second-order valence-corrected chi connectivity index (χ2v) is 23.0. The Kier molecular flexibility index (Phi) is 25.5. The second-order valence-electron chi connectivity index (χ2n) is 23.0. The van der Waals surface area contributed by atoms with Gasteiger partial charge in [-0.05, 0) is 88.3 Å². The number of hydrogen-bond acceptors (Lipinski definition) is 12. The Balaban J connectivity index is 1.50. The molecule has 0 fully saturated rings. The Hall–Kier alpha value is -8.31. The third kappa shape index (κ3) is 22.7. The number of hydrogen-bond donors (Lipinski definition) is 12. The van der Waals surface area contributed by atoms with Crippen LogP contribution in [0.15, 0.2) is 73.3 Å². The molecule has 0 bridgehead atoms. The number of imidazole rings is 1. The molecule has 1 unspecified atom stereocenters. The standard InChI is InChI=1S/C58H85N13O11/c1-32(2)22-37(50(60)74)25-39(23-33(3)4)66-54(78)46(27-40-29-61-31-64-40)67-48(73)30-63-56(80)49(34(5)6)71-51(75)35(7)65-53(77)45(26-38-28-62-42-19-15-14-18-41(38)42)69-52(76)43(20-21-47(59)72)68-55(79)44(24-36-16-12-11-13-17-36)70-57(81)82-58(8,9)10/h11-19,28-29,31-35,37,39,43-46,49,62H,20-27,30H2,1-10H3,(H2,59,72)(H2,60,74)(H,61,64)(H,63,80)(H,65,77)(H,66,78)(H,67,73)(H,68,79)(H,69,76)(H,70,81)(H,71,75)/t35-,37?,39-,43-,44+,45-,46-,49-/m0/s1. The third-order valence-electron chi connectivity index (χ3n) is 13.2. The van der Waals surface area contributed by atoms with Crippen LogP contribution in [-0.2, 0) is 67.2 Å². The summed E-state index contributed by atoms with van der Waals surface area (Å²) in [5.74, 6) is -7.24. The summed E-state index contributed by atoms with van der Waals surface area (Å²) < 4.78 is 5.42. The van der Waals surface area contributed by atoms with Gasteiger partial charge in [-0.3, -0.25) is 43.2 Å². The molecule has 2 aromatic heterocycles. The fourth-order valence-electron chi connectivity index (χ4n) is 9.21. The lowest BCUT2D eigenvalue weighted by atomic mass is 9.87. The Morgan fingerprint density at radius 2 is 1.21 bits per heavy atom. The zero-order valence-corrected chi connectivity index (χ0v) is 48.7. The van der Waals surface area contributed by atoms with Crippen LogP contribution in [-0.4, -0.2) is 129 Å². The zero-order valence-electron chi connectivity index (χ0n) is 48.7. The van der Waals surface area contributed by atoms with Crippen molar-refractivity contribution in [1.82, 2.24) is 57.5 Å². The number of aromatic nitrogens is 3. The highest BCUT2D eigenvalue weighted by atomic mass is 16.6. The summed E-state index contributed by atoms with van der Waals surface area (Å²) in [5, 5.41) is 22.2. The number of nitrogens with zero attached hydrogens (tertiary/aromatic N) is 1. The summed E-state index contributed by atoms with van der Waals surface area (Å²) in [4.78, 5) is 146. The van der Waals surface area contributed by atoms with Crippen molar-refractivity contribution in [3.05, 3.63) is 90.1 Å². The maximum atomic E-state index is 14.4. The van der Waals surface area contributed by atoms with Crippen molar-refractivity contribution in [2.75, 3.05) is 6.54 Å². The van der Waals surface area contributed by atoms with E-state index in [4.69, 9.17) is 16.2 Å². The second kappa shape index (κ2) is 31.6. The van der Waals surface area contributed by atoms with Crippen molar-refractivity contribution in [3.63, 3.8) is 0 Å². The molecule has 4 aromatic rings. The van der Waals surface area contributed by atoms with Gasteiger partial charge in [0.1, 0.15) is 41.9 Å². The van der Waals surface area contributed by atoms with Gasteiger partial charge in [-0.2, -0.15) is 0 Å². The molecule has 0 saturated heterocycles. The molecule has 8 atom stereocenters. The molecule has 0 radical (unpaired) electrons. The molecular weight excluding hydrogens is 1050 g/mol. The Labute approximate surface area is 479 Å². The monoisotopic (exact) mass is 1140 g/mol. The van der Waals surface area contributed by atoms with Crippen LogP contribution in [0.4, 0.5) is 4.79 Å². The van der Waals surface area contributed by atoms with E-state index in [0.29, 0.717) is 36.1 Å². The number of rotatable bonds is 32. The van der Waals surface area contributed by atoms with E-state index >= 15 is 0 Å². The van der Waals surface area contributed by atoms with E-state index in [1.807, 2.05) is 45.9 Å². The van der Waals surface area contributed by atoms with Gasteiger partial charge < -0.3 is 68.7 Å². The number of para-hydroxylation sites is 1. The molecule has 0 aliphatic carbocycles. The minimum absolute atomic E-state index is 0.00885. The maximum Gasteiger partial charge on any atom is 0.408 e. The van der Waals surface area contributed by atoms with Crippen LogP contribution in [0.3, 0.4) is 0 Å². The molecule has 0 aliphatic heterocycles. The number of aromatic amines is 2. The van der Waals surface area contributed by atoms with Crippen LogP contribution in [0.25, 0.3) is 10.9 Å². The van der Waals surface area contributed by atoms with Crippen molar-refractivity contribution >= 4 is 70.2 Å². The van der Waals surface area contributed by atoms with Gasteiger partial charge in [0.25, 0.3) is 0 Å². The van der Waals surface area contributed by atoms with Gasteiger partial charge in [-0.15, -0.1) is 0 Å². The van der Waals surface area contributed by atoms with E-state index < -0.39 is 126 Å². The molecule has 0 saturated carbocycles. The van der Waals surface area contributed by atoms with E-state index in [0.717, 1.165) is 10.9 Å². The number of carbonyl (C=O) groups is 10. The Bertz CT molecular complexity index is 2790. The van der Waals surface area contributed by atoms with E-state index in [9.17, 15) is 47.9 Å². The lowest BCUT2D eigenvalue weighted by Crippen LogP contribution is -2.60. The van der Waals surface area contributed by atoms with Crippen molar-refractivity contribution in [1.29, 1.82) is 0 Å². The summed E-state index contributed by atoms with van der Waals surface area (Å²) >= 11 is 0. The van der Waals surface area contributed by atoms with Gasteiger partial charge in [0.05, 0.1) is 12.9 Å². The van der Waals surface area contributed by atoms with Gasteiger partial charge in [0.2, 0.25) is 53.2 Å². The minimum atomic E-state index is -1.46. The molecule has 2 heterocycles. The molecule has 0 spiro atoms. The number of fused-ring (bicyclic) bond motifs is 1. The number of nitrogens with one attached hydrogen (secondary N) is 10. The van der Waals surface area contributed by atoms with Crippen LogP contribution in [0, 0.1) is 23.7 Å². The predicted molar refractivity (Wildman–Crippen MR) is 307 cm³/mol. The Morgan fingerprint density at radius 1 is 0.610 bits per heavy atom. The third-order valence-corrected chi connectivity index (χ3v) is 13.2. The molecule has 4 rings (SSSR count). The first-order valence-corrected chi connectivity index (χ1v) is 27.8. The van der Waals surface area contributed by atoms with Crippen molar-refractivity contribution < 1.29 is 52.7 Å². The van der Waals surface area contributed by atoms with E-state index in [1.54, 1.807) is 77.2 Å².